The summed E-state index contributed by atoms with van der Waals surface area (Å²) in [6.07, 6.45) is 16.8. The molecule has 0 amide bonds. The lowest BCUT2D eigenvalue weighted by Gasteiger charge is -2.27. The van der Waals surface area contributed by atoms with E-state index in [0.29, 0.717) is 0 Å². The first-order chi connectivity index (χ1) is 13.4. The van der Waals surface area contributed by atoms with Crippen LogP contribution < -0.4 is 0 Å². The van der Waals surface area contributed by atoms with Crippen molar-refractivity contribution in [2.75, 3.05) is 32.8 Å². The molecule has 0 spiro atoms. The Bertz CT molecular complexity index is 447. The van der Waals surface area contributed by atoms with Crippen LogP contribution in [0.1, 0.15) is 83.1 Å². The van der Waals surface area contributed by atoms with E-state index in [2.05, 4.69) is 42.2 Å². The molecular weight excluding hydrogens is 366 g/mol. The number of benzene rings is 1. The molecule has 1 fully saturated rings. The maximum Gasteiger partial charge on any atom is 0.0594 e. The van der Waals surface area contributed by atoms with E-state index in [9.17, 15) is 0 Å². The highest BCUT2D eigenvalue weighted by atomic mass is 35.5. The van der Waals surface area contributed by atoms with Gasteiger partial charge in [0.1, 0.15) is 0 Å². The minimum Gasteiger partial charge on any atom is -0.379 e. The quantitative estimate of drug-likeness (QED) is 0.292. The molecule has 1 aliphatic heterocycles. The van der Waals surface area contributed by atoms with Crippen molar-refractivity contribution in [1.82, 2.24) is 4.90 Å². The SMILES string of the molecule is CCCCCCCCCCC(CCCN1CCOCC1)Cc1ccccc1.Cl. The highest BCUT2D eigenvalue weighted by molar-refractivity contribution is 5.85. The summed E-state index contributed by atoms with van der Waals surface area (Å²) in [6.45, 7) is 7.65. The van der Waals surface area contributed by atoms with Gasteiger partial charge in [0.15, 0.2) is 0 Å². The lowest BCUT2D eigenvalue weighted by molar-refractivity contribution is 0.0366. The van der Waals surface area contributed by atoms with E-state index < -0.39 is 0 Å². The smallest absolute Gasteiger partial charge is 0.0594 e. The van der Waals surface area contributed by atoms with Crippen LogP contribution >= 0.6 is 12.4 Å². The summed E-state index contributed by atoms with van der Waals surface area (Å²) in [5.41, 5.74) is 1.52. The zero-order valence-electron chi connectivity index (χ0n) is 18.2. The fourth-order valence-electron chi connectivity index (χ4n) is 4.29. The third-order valence-corrected chi connectivity index (χ3v) is 6.02. The normalized spacial score (nSPS) is 15.9. The third kappa shape index (κ3) is 12.1. The molecule has 1 unspecified atom stereocenters. The highest BCUT2D eigenvalue weighted by Gasteiger charge is 2.13. The fourth-order valence-corrected chi connectivity index (χ4v) is 4.29. The van der Waals surface area contributed by atoms with Crippen molar-refractivity contribution in [3.8, 4) is 0 Å². The molecule has 0 N–H and O–H groups in total. The molecule has 1 saturated heterocycles. The molecule has 1 aromatic carbocycles. The standard InChI is InChI=1S/C25H43NO.ClH/c1-2-3-4-5-6-7-8-10-14-25(23-24-15-11-9-12-16-24)17-13-18-26-19-21-27-22-20-26;/h9,11-12,15-16,25H,2-8,10,13-14,17-23H2,1H3;1H. The Morgan fingerprint density at radius 1 is 0.821 bits per heavy atom. The molecular formula is C25H44ClNO. The Balaban J connectivity index is 0.00000392. The topological polar surface area (TPSA) is 12.5 Å². The van der Waals surface area contributed by atoms with E-state index in [-0.39, 0.29) is 12.4 Å². The third-order valence-electron chi connectivity index (χ3n) is 6.02. The Labute approximate surface area is 180 Å². The number of rotatable bonds is 15. The molecule has 1 heterocycles. The van der Waals surface area contributed by atoms with Crippen LogP contribution in [0.25, 0.3) is 0 Å². The minimum atomic E-state index is 0. The van der Waals surface area contributed by atoms with Gasteiger partial charge in [0.25, 0.3) is 0 Å². The average Bonchev–Trinajstić information content (AvgIpc) is 2.71. The van der Waals surface area contributed by atoms with Gasteiger partial charge in [0, 0.05) is 13.1 Å². The Hall–Kier alpha value is -0.570. The van der Waals surface area contributed by atoms with E-state index in [1.165, 1.54) is 89.2 Å². The van der Waals surface area contributed by atoms with Gasteiger partial charge >= 0.3 is 0 Å². The van der Waals surface area contributed by atoms with E-state index >= 15 is 0 Å². The zero-order chi connectivity index (χ0) is 19.0. The van der Waals surface area contributed by atoms with E-state index in [1.54, 1.807) is 0 Å². The average molecular weight is 410 g/mol. The number of unbranched alkanes of at least 4 members (excludes halogenated alkanes) is 7. The van der Waals surface area contributed by atoms with E-state index in [4.69, 9.17) is 4.74 Å². The monoisotopic (exact) mass is 409 g/mol. The molecule has 0 radical (unpaired) electrons. The number of ether oxygens (including phenoxy) is 1. The Morgan fingerprint density at radius 3 is 2.11 bits per heavy atom. The minimum absolute atomic E-state index is 0. The molecule has 0 aliphatic carbocycles. The lowest BCUT2D eigenvalue weighted by atomic mass is 9.89. The van der Waals surface area contributed by atoms with Gasteiger partial charge in [-0.3, -0.25) is 4.90 Å². The van der Waals surface area contributed by atoms with Gasteiger partial charge in [-0.05, 0) is 37.3 Å². The van der Waals surface area contributed by atoms with Crippen LogP contribution in [-0.2, 0) is 11.2 Å². The number of hydrogen-bond donors (Lipinski definition) is 0. The van der Waals surface area contributed by atoms with Crippen molar-refractivity contribution in [3.05, 3.63) is 35.9 Å². The Morgan fingerprint density at radius 2 is 1.43 bits per heavy atom. The first kappa shape index (κ1) is 25.5. The maximum absolute atomic E-state index is 5.47. The summed E-state index contributed by atoms with van der Waals surface area (Å²) in [7, 11) is 0. The van der Waals surface area contributed by atoms with Gasteiger partial charge in [-0.1, -0.05) is 95.0 Å². The van der Waals surface area contributed by atoms with E-state index in [1.807, 2.05) is 0 Å². The van der Waals surface area contributed by atoms with E-state index in [0.717, 1.165) is 32.2 Å². The van der Waals surface area contributed by atoms with Crippen molar-refractivity contribution in [3.63, 3.8) is 0 Å². The molecule has 0 bridgehead atoms. The number of hydrogen-bond acceptors (Lipinski definition) is 2. The number of morpholine rings is 1. The second-order valence-electron chi connectivity index (χ2n) is 8.42. The van der Waals surface area contributed by atoms with Crippen LogP contribution in [0.2, 0.25) is 0 Å². The predicted molar refractivity (Wildman–Crippen MR) is 125 cm³/mol. The van der Waals surface area contributed by atoms with Crippen molar-refractivity contribution in [1.29, 1.82) is 0 Å². The first-order valence-electron chi connectivity index (χ1n) is 11.7. The van der Waals surface area contributed by atoms with Crippen molar-refractivity contribution in [2.24, 2.45) is 5.92 Å². The molecule has 0 aromatic heterocycles. The van der Waals surface area contributed by atoms with Gasteiger partial charge in [0.2, 0.25) is 0 Å². The molecule has 1 aliphatic rings. The van der Waals surface area contributed by atoms with Crippen molar-refractivity contribution in [2.45, 2.75) is 84.0 Å². The predicted octanol–water partition coefficient (Wildman–Crippen LogP) is 6.91. The van der Waals surface area contributed by atoms with Gasteiger partial charge < -0.3 is 4.74 Å². The second-order valence-corrected chi connectivity index (χ2v) is 8.42. The number of halogens is 1. The molecule has 2 nitrogen and oxygen atoms in total. The van der Waals surface area contributed by atoms with Gasteiger partial charge in [-0.15, -0.1) is 12.4 Å². The molecule has 0 saturated carbocycles. The fraction of sp³-hybridized carbons (Fsp3) is 0.760. The number of nitrogens with zero attached hydrogens (tertiary/aromatic N) is 1. The Kier molecular flexibility index (Phi) is 15.7. The molecule has 3 heteroatoms. The van der Waals surface area contributed by atoms with Crippen LogP contribution in [-0.4, -0.2) is 37.7 Å². The van der Waals surface area contributed by atoms with Crippen LogP contribution in [0, 0.1) is 5.92 Å². The van der Waals surface area contributed by atoms with Gasteiger partial charge in [-0.2, -0.15) is 0 Å². The largest absolute Gasteiger partial charge is 0.379 e. The highest BCUT2D eigenvalue weighted by Crippen LogP contribution is 2.22. The second kappa shape index (κ2) is 17.3. The van der Waals surface area contributed by atoms with Gasteiger partial charge in [-0.25, -0.2) is 0 Å². The van der Waals surface area contributed by atoms with Crippen LogP contribution in [0.4, 0.5) is 0 Å². The molecule has 2 rings (SSSR count). The maximum atomic E-state index is 5.47. The van der Waals surface area contributed by atoms with Crippen LogP contribution in [0.15, 0.2) is 30.3 Å². The van der Waals surface area contributed by atoms with Crippen molar-refractivity contribution >= 4 is 12.4 Å². The molecule has 28 heavy (non-hydrogen) atoms. The zero-order valence-corrected chi connectivity index (χ0v) is 19.1. The summed E-state index contributed by atoms with van der Waals surface area (Å²) in [5, 5.41) is 0. The van der Waals surface area contributed by atoms with Crippen molar-refractivity contribution < 1.29 is 4.74 Å². The first-order valence-corrected chi connectivity index (χ1v) is 11.7. The van der Waals surface area contributed by atoms with Crippen LogP contribution in [0.3, 0.4) is 0 Å². The summed E-state index contributed by atoms with van der Waals surface area (Å²) in [6, 6.07) is 11.1. The molecule has 1 aromatic rings. The molecule has 162 valence electrons. The lowest BCUT2D eigenvalue weighted by Crippen LogP contribution is -2.36. The van der Waals surface area contributed by atoms with Crippen LogP contribution in [0.5, 0.6) is 0 Å². The summed E-state index contributed by atoms with van der Waals surface area (Å²) in [5.74, 6) is 0.855. The molecule has 1 atom stereocenters. The summed E-state index contributed by atoms with van der Waals surface area (Å²) in [4.78, 5) is 2.58. The van der Waals surface area contributed by atoms with Gasteiger partial charge in [0.05, 0.1) is 13.2 Å². The summed E-state index contributed by atoms with van der Waals surface area (Å²) >= 11 is 0. The summed E-state index contributed by atoms with van der Waals surface area (Å²) < 4.78 is 5.47.